The van der Waals surface area contributed by atoms with Crippen molar-refractivity contribution in [2.75, 3.05) is 19.6 Å². The van der Waals surface area contributed by atoms with E-state index in [-0.39, 0.29) is 13.2 Å². The largest absolute Gasteiger partial charge is 0.488 e. The number of piperidine rings is 1. The summed E-state index contributed by atoms with van der Waals surface area (Å²) < 4.78 is 19.0. The lowest BCUT2D eigenvalue weighted by atomic mass is 9.85. The zero-order valence-electron chi connectivity index (χ0n) is 32.5. The molecule has 56 heavy (non-hydrogen) atoms. The van der Waals surface area contributed by atoms with Crippen LogP contribution in [-0.2, 0) is 24.6 Å². The molecule has 1 saturated heterocycles. The minimum Gasteiger partial charge on any atom is -0.488 e. The number of rotatable bonds is 14. The van der Waals surface area contributed by atoms with Gasteiger partial charge in [-0.3, -0.25) is 14.7 Å². The quantitative estimate of drug-likeness (QED) is 0.117. The summed E-state index contributed by atoms with van der Waals surface area (Å²) >= 11 is 6.88. The van der Waals surface area contributed by atoms with Crippen LogP contribution in [0, 0.1) is 18.3 Å². The van der Waals surface area contributed by atoms with Gasteiger partial charge in [-0.15, -0.1) is 0 Å². The summed E-state index contributed by atoms with van der Waals surface area (Å²) in [6.07, 6.45) is 10.1. The number of fused-ring (bicyclic) bond motifs is 1. The first-order valence-corrected chi connectivity index (χ1v) is 20.2. The number of likely N-dealkylation sites (tertiary alicyclic amines) is 1. The van der Waals surface area contributed by atoms with Crippen LogP contribution in [0.15, 0.2) is 71.4 Å². The second-order valence-corrected chi connectivity index (χ2v) is 15.4. The number of nitriles is 1. The fraction of sp³-hybridized carbons (Fsp3) is 0.422. The summed E-state index contributed by atoms with van der Waals surface area (Å²) in [4.78, 5) is 25.8. The fourth-order valence-electron chi connectivity index (χ4n) is 8.44. The van der Waals surface area contributed by atoms with E-state index in [1.165, 1.54) is 19.0 Å². The average Bonchev–Trinajstić information content (AvgIpc) is 3.65. The molecule has 0 bridgehead atoms. The van der Waals surface area contributed by atoms with E-state index in [9.17, 15) is 15.2 Å². The Morgan fingerprint density at radius 3 is 2.55 bits per heavy atom. The van der Waals surface area contributed by atoms with E-state index in [1.54, 1.807) is 18.3 Å². The number of carboxylic acid groups (broad SMARTS) is 1. The van der Waals surface area contributed by atoms with Crippen LogP contribution in [0.5, 0.6) is 11.5 Å². The highest BCUT2D eigenvalue weighted by atomic mass is 35.5. The molecule has 7 rings (SSSR count). The maximum Gasteiger partial charge on any atom is 0.320 e. The molecule has 10 nitrogen and oxygen atoms in total. The average molecular weight is 776 g/mol. The van der Waals surface area contributed by atoms with Crippen LogP contribution in [-0.4, -0.2) is 62.6 Å². The summed E-state index contributed by atoms with van der Waals surface area (Å²) in [6.45, 7) is 10.2. The van der Waals surface area contributed by atoms with Gasteiger partial charge in [-0.25, -0.2) is 4.98 Å². The lowest BCUT2D eigenvalue weighted by molar-refractivity contribution is -0.144. The Morgan fingerprint density at radius 1 is 0.982 bits per heavy atom. The number of pyridine rings is 1. The van der Waals surface area contributed by atoms with E-state index < -0.39 is 12.0 Å². The summed E-state index contributed by atoms with van der Waals surface area (Å²) in [6, 6.07) is 20.0. The number of aliphatic carboxylic acids is 1. The number of aromatic nitrogens is 2. The van der Waals surface area contributed by atoms with E-state index in [0.717, 1.165) is 89.1 Å². The van der Waals surface area contributed by atoms with E-state index in [2.05, 4.69) is 61.0 Å². The highest BCUT2D eigenvalue weighted by Crippen LogP contribution is 2.38. The Balaban J connectivity index is 1.09. The number of hydrogen-bond acceptors (Lipinski definition) is 9. The highest BCUT2D eigenvalue weighted by molar-refractivity contribution is 6.32. The molecular formula is C45H50ClN5O5. The molecule has 1 aliphatic heterocycles. The van der Waals surface area contributed by atoms with Gasteiger partial charge < -0.3 is 23.9 Å². The molecule has 1 aliphatic carbocycles. The van der Waals surface area contributed by atoms with Gasteiger partial charge >= 0.3 is 5.97 Å². The summed E-state index contributed by atoms with van der Waals surface area (Å²) in [5, 5.41) is 19.7. The standard InChI is InChI=1S/C45H50ClN5O5/c1-4-50(5-2)36-15-12-32(13-16-36)44-49-39-21-33(14-17-41(39)56-44)37-10-8-9-34(29(37)3)28-55-43-22-42(54-27-31-19-30(23-47)24-48-25-31)35(20-38(43)46)26-51-18-7-6-11-40(51)45(52)53/h8-10,14,17,19-22,24-25,32,36,40H,4-7,11-13,15-16,18,26-28H2,1-3H3,(H,52,53)/t32?,36?,40-/m0/s1. The third kappa shape index (κ3) is 8.86. The van der Waals surface area contributed by atoms with E-state index >= 15 is 0 Å². The van der Waals surface area contributed by atoms with Crippen LogP contribution < -0.4 is 9.47 Å². The Morgan fingerprint density at radius 2 is 1.79 bits per heavy atom. The minimum absolute atomic E-state index is 0.162. The molecule has 2 fully saturated rings. The molecule has 3 heterocycles. The molecule has 2 aliphatic rings. The van der Waals surface area contributed by atoms with Gasteiger partial charge in [0.25, 0.3) is 0 Å². The molecule has 0 spiro atoms. The van der Waals surface area contributed by atoms with Gasteiger partial charge in [-0.1, -0.05) is 56.1 Å². The first kappa shape index (κ1) is 39.3. The van der Waals surface area contributed by atoms with Gasteiger partial charge in [0.05, 0.1) is 10.6 Å². The predicted molar refractivity (Wildman–Crippen MR) is 217 cm³/mol. The molecule has 1 atom stereocenters. The molecule has 5 aromatic rings. The lowest BCUT2D eigenvalue weighted by Crippen LogP contribution is -2.44. The van der Waals surface area contributed by atoms with Gasteiger partial charge in [-0.05, 0) is 112 Å². The zero-order chi connectivity index (χ0) is 39.2. The molecule has 11 heteroatoms. The van der Waals surface area contributed by atoms with Crippen LogP contribution in [0.3, 0.4) is 0 Å². The lowest BCUT2D eigenvalue weighted by Gasteiger charge is -2.34. The van der Waals surface area contributed by atoms with Crippen molar-refractivity contribution in [3.63, 3.8) is 0 Å². The fourth-order valence-corrected chi connectivity index (χ4v) is 8.68. The Hall–Kier alpha value is -4.95. The molecule has 0 amide bonds. The summed E-state index contributed by atoms with van der Waals surface area (Å²) in [5.41, 5.74) is 7.87. The number of nitrogens with zero attached hydrogens (tertiary/aromatic N) is 5. The van der Waals surface area contributed by atoms with Crippen LogP contribution >= 0.6 is 11.6 Å². The second-order valence-electron chi connectivity index (χ2n) is 15.0. The van der Waals surface area contributed by atoms with Crippen molar-refractivity contribution < 1.29 is 23.8 Å². The second kappa shape index (κ2) is 17.9. The van der Waals surface area contributed by atoms with Crippen molar-refractivity contribution in [1.29, 1.82) is 5.26 Å². The van der Waals surface area contributed by atoms with Crippen LogP contribution in [0.4, 0.5) is 0 Å². The maximum absolute atomic E-state index is 12.1. The maximum atomic E-state index is 12.1. The topological polar surface area (TPSA) is 125 Å². The first-order valence-electron chi connectivity index (χ1n) is 19.9. The van der Waals surface area contributed by atoms with E-state index in [4.69, 9.17) is 30.5 Å². The van der Waals surface area contributed by atoms with Crippen molar-refractivity contribution in [2.24, 2.45) is 0 Å². The number of hydrogen-bond donors (Lipinski definition) is 1. The van der Waals surface area contributed by atoms with Crippen molar-refractivity contribution in [2.45, 2.75) is 103 Å². The minimum atomic E-state index is -0.829. The number of benzene rings is 3. The number of oxazole rings is 1. The monoisotopic (exact) mass is 775 g/mol. The molecule has 3 aromatic carbocycles. The third-order valence-electron chi connectivity index (χ3n) is 11.6. The van der Waals surface area contributed by atoms with Crippen molar-refractivity contribution >= 4 is 28.7 Å². The van der Waals surface area contributed by atoms with Gasteiger partial charge in [-0.2, -0.15) is 5.26 Å². The van der Waals surface area contributed by atoms with Gasteiger partial charge in [0.2, 0.25) is 0 Å². The normalized spacial score (nSPS) is 18.9. The molecule has 292 valence electrons. The number of ether oxygens (including phenoxy) is 2. The van der Waals surface area contributed by atoms with Crippen LogP contribution in [0.2, 0.25) is 5.02 Å². The molecule has 2 aromatic heterocycles. The van der Waals surface area contributed by atoms with Crippen molar-refractivity contribution in [1.82, 2.24) is 19.8 Å². The predicted octanol–water partition coefficient (Wildman–Crippen LogP) is 9.69. The van der Waals surface area contributed by atoms with Crippen molar-refractivity contribution in [3.8, 4) is 28.7 Å². The third-order valence-corrected chi connectivity index (χ3v) is 11.9. The first-order chi connectivity index (χ1) is 27.2. The molecule has 0 radical (unpaired) electrons. The van der Waals surface area contributed by atoms with Gasteiger partial charge in [0.15, 0.2) is 11.5 Å². The van der Waals surface area contributed by atoms with Crippen LogP contribution in [0.25, 0.3) is 22.2 Å². The van der Waals surface area contributed by atoms with E-state index in [0.29, 0.717) is 53.6 Å². The molecular weight excluding hydrogens is 726 g/mol. The molecule has 1 N–H and O–H groups in total. The summed E-state index contributed by atoms with van der Waals surface area (Å²) in [5.74, 6) is 1.36. The zero-order valence-corrected chi connectivity index (χ0v) is 33.2. The Labute approximate surface area is 334 Å². The van der Waals surface area contributed by atoms with Crippen molar-refractivity contribution in [3.05, 3.63) is 106 Å². The van der Waals surface area contributed by atoms with Crippen LogP contribution in [0.1, 0.15) is 98.4 Å². The van der Waals surface area contributed by atoms with Gasteiger partial charge in [0.1, 0.15) is 42.3 Å². The Kier molecular flexibility index (Phi) is 12.5. The Bertz CT molecular complexity index is 2200. The number of halogens is 1. The highest BCUT2D eigenvalue weighted by Gasteiger charge is 2.30. The van der Waals surface area contributed by atoms with E-state index in [1.807, 2.05) is 23.1 Å². The molecule has 0 unspecified atom stereocenters. The number of carboxylic acids is 1. The SMILES string of the molecule is CCN(CC)C1CCC(c2nc3cc(-c4cccc(COc5cc(OCc6cncc(C#N)c6)c(CN6CCCC[C@H]6C(=O)O)cc5Cl)c4C)ccc3o2)CC1. The number of carbonyl (C=O) groups is 1. The van der Waals surface area contributed by atoms with Gasteiger partial charge in [0, 0.05) is 48.1 Å². The molecule has 1 saturated carbocycles. The smallest absolute Gasteiger partial charge is 0.320 e. The summed E-state index contributed by atoms with van der Waals surface area (Å²) in [7, 11) is 0.